The first-order chi connectivity index (χ1) is 39.1. The lowest BCUT2D eigenvalue weighted by Gasteiger charge is -2.26. The Labute approximate surface area is 497 Å². The zero-order valence-electron chi connectivity index (χ0n) is 54.2. The van der Waals surface area contributed by atoms with Gasteiger partial charge in [0.15, 0.2) is 12.4 Å². The Bertz CT molecular complexity index is 1320. The number of quaternary nitrogens is 1. The number of carbonyl (C=O) groups excluding carboxylic acids is 3. The van der Waals surface area contributed by atoms with Crippen molar-refractivity contribution in [3.63, 3.8) is 0 Å². The maximum Gasteiger partial charge on any atom is 0.306 e. The van der Waals surface area contributed by atoms with Crippen LogP contribution < -0.4 is 5.11 Å². The average Bonchev–Trinajstić information content (AvgIpc) is 3.43. The van der Waals surface area contributed by atoms with Crippen LogP contribution in [0.15, 0.2) is 12.2 Å². The van der Waals surface area contributed by atoms with Gasteiger partial charge in [0.1, 0.15) is 13.2 Å². The predicted octanol–water partition coefficient (Wildman–Crippen LogP) is 20.3. The van der Waals surface area contributed by atoms with Gasteiger partial charge in [-0.1, -0.05) is 328 Å². The lowest BCUT2D eigenvalue weighted by atomic mass is 10.0. The van der Waals surface area contributed by atoms with Crippen molar-refractivity contribution in [3.8, 4) is 0 Å². The minimum atomic E-state index is -1.62. The van der Waals surface area contributed by atoms with Crippen LogP contribution in [-0.4, -0.2) is 82.3 Å². The lowest BCUT2D eigenvalue weighted by molar-refractivity contribution is -0.870. The smallest absolute Gasteiger partial charge is 0.306 e. The maximum atomic E-state index is 12.9. The summed E-state index contributed by atoms with van der Waals surface area (Å²) in [6, 6.07) is 0. The van der Waals surface area contributed by atoms with Crippen molar-refractivity contribution < 1.29 is 42.9 Å². The van der Waals surface area contributed by atoms with Gasteiger partial charge in [-0.2, -0.15) is 0 Å². The minimum Gasteiger partial charge on any atom is -0.545 e. The van der Waals surface area contributed by atoms with Crippen LogP contribution in [0.25, 0.3) is 0 Å². The summed E-state index contributed by atoms with van der Waals surface area (Å²) < 4.78 is 22.8. The molecule has 0 N–H and O–H groups in total. The highest BCUT2D eigenvalue weighted by Crippen LogP contribution is 2.19. The molecule has 0 aliphatic rings. The average molecular weight is 1130 g/mol. The van der Waals surface area contributed by atoms with E-state index in [-0.39, 0.29) is 32.2 Å². The van der Waals surface area contributed by atoms with Crippen molar-refractivity contribution in [2.75, 3.05) is 47.5 Å². The molecule has 0 bridgehead atoms. The Morgan fingerprint density at radius 2 is 0.637 bits per heavy atom. The third-order valence-corrected chi connectivity index (χ3v) is 16.3. The van der Waals surface area contributed by atoms with E-state index in [1.165, 1.54) is 302 Å². The quantitative estimate of drug-likeness (QED) is 0.0195. The Balaban J connectivity index is 4.02. The van der Waals surface area contributed by atoms with Crippen LogP contribution in [0.1, 0.15) is 367 Å². The van der Waals surface area contributed by atoms with E-state index in [0.717, 1.165) is 38.5 Å². The third kappa shape index (κ3) is 63.6. The van der Waals surface area contributed by atoms with E-state index < -0.39 is 24.3 Å². The van der Waals surface area contributed by atoms with E-state index in [4.69, 9.17) is 18.9 Å². The minimum absolute atomic E-state index is 0.153. The Hall–Kier alpha value is -1.97. The monoisotopic (exact) mass is 1130 g/mol. The number of carboxylic acids is 1. The fraction of sp³-hybridized carbons (Fsp3) is 0.930. The summed E-state index contributed by atoms with van der Waals surface area (Å²) >= 11 is 0. The Morgan fingerprint density at radius 1 is 0.362 bits per heavy atom. The van der Waals surface area contributed by atoms with E-state index in [1.54, 1.807) is 0 Å². The highest BCUT2D eigenvalue weighted by atomic mass is 16.7. The van der Waals surface area contributed by atoms with Crippen molar-refractivity contribution in [2.45, 2.75) is 379 Å². The van der Waals surface area contributed by atoms with Crippen LogP contribution in [0.3, 0.4) is 0 Å². The first-order valence-corrected chi connectivity index (χ1v) is 35.3. The lowest BCUT2D eigenvalue weighted by Crippen LogP contribution is -2.44. The molecule has 0 heterocycles. The largest absolute Gasteiger partial charge is 0.545 e. The number of hydrogen-bond donors (Lipinski definition) is 0. The molecule has 0 saturated heterocycles. The second-order valence-electron chi connectivity index (χ2n) is 25.5. The zero-order valence-corrected chi connectivity index (χ0v) is 54.2. The van der Waals surface area contributed by atoms with Crippen LogP contribution in [0.5, 0.6) is 0 Å². The van der Waals surface area contributed by atoms with Crippen molar-refractivity contribution >= 4 is 17.9 Å². The van der Waals surface area contributed by atoms with E-state index in [1.807, 2.05) is 21.1 Å². The molecule has 0 aromatic carbocycles. The highest BCUT2D eigenvalue weighted by molar-refractivity contribution is 5.70. The van der Waals surface area contributed by atoms with Crippen LogP contribution >= 0.6 is 0 Å². The van der Waals surface area contributed by atoms with Gasteiger partial charge in [-0.3, -0.25) is 9.59 Å². The van der Waals surface area contributed by atoms with Crippen molar-refractivity contribution in [2.24, 2.45) is 0 Å². The van der Waals surface area contributed by atoms with Crippen LogP contribution in [0.2, 0.25) is 0 Å². The molecular formula is C71H137NO8. The summed E-state index contributed by atoms with van der Waals surface area (Å²) in [5, 5.41) is 11.8. The van der Waals surface area contributed by atoms with Gasteiger partial charge in [-0.25, -0.2) is 0 Å². The summed E-state index contributed by atoms with van der Waals surface area (Å²) in [4.78, 5) is 37.5. The molecule has 0 fully saturated rings. The third-order valence-electron chi connectivity index (χ3n) is 16.3. The molecule has 0 radical (unpaired) electrons. The molecular weight excluding hydrogens is 995 g/mol. The first kappa shape index (κ1) is 78.0. The molecule has 0 rings (SSSR count). The summed E-state index contributed by atoms with van der Waals surface area (Å²) in [5.74, 6) is -2.25. The molecule has 474 valence electrons. The second-order valence-corrected chi connectivity index (χ2v) is 25.5. The number of esters is 2. The van der Waals surface area contributed by atoms with Crippen molar-refractivity contribution in [1.82, 2.24) is 0 Å². The normalized spacial score (nSPS) is 12.7. The molecule has 2 atom stereocenters. The zero-order chi connectivity index (χ0) is 58.3. The van der Waals surface area contributed by atoms with Crippen molar-refractivity contribution in [3.05, 3.63) is 12.2 Å². The number of allylic oxidation sites excluding steroid dienone is 2. The van der Waals surface area contributed by atoms with Gasteiger partial charge in [-0.15, -0.1) is 0 Å². The second kappa shape index (κ2) is 63.1. The van der Waals surface area contributed by atoms with Crippen LogP contribution in [0.4, 0.5) is 0 Å². The van der Waals surface area contributed by atoms with E-state index in [0.29, 0.717) is 17.4 Å². The maximum absolute atomic E-state index is 12.9. The number of carbonyl (C=O) groups is 3. The molecule has 0 aromatic rings. The van der Waals surface area contributed by atoms with Crippen molar-refractivity contribution in [1.29, 1.82) is 0 Å². The highest BCUT2D eigenvalue weighted by Gasteiger charge is 2.22. The number of unbranched alkanes of at least 4 members (excludes halogenated alkanes) is 50. The Kier molecular flexibility index (Phi) is 61.5. The summed E-state index contributed by atoms with van der Waals surface area (Å²) in [5.41, 5.74) is 0. The number of rotatable bonds is 67. The van der Waals surface area contributed by atoms with Gasteiger partial charge in [0.05, 0.1) is 40.3 Å². The summed E-state index contributed by atoms with van der Waals surface area (Å²) in [6.45, 7) is 4.83. The molecule has 9 nitrogen and oxygen atoms in total. The summed E-state index contributed by atoms with van der Waals surface area (Å²) in [6.07, 6.45) is 73.0. The van der Waals surface area contributed by atoms with Crippen LogP contribution in [0, 0.1) is 0 Å². The molecule has 0 saturated carbocycles. The molecule has 0 aromatic heterocycles. The molecule has 0 spiro atoms. The predicted molar refractivity (Wildman–Crippen MR) is 339 cm³/mol. The van der Waals surface area contributed by atoms with Gasteiger partial charge in [-0.05, 0) is 38.5 Å². The molecule has 80 heavy (non-hydrogen) atoms. The summed E-state index contributed by atoms with van der Waals surface area (Å²) in [7, 11) is 5.95. The Morgan fingerprint density at radius 3 is 0.925 bits per heavy atom. The first-order valence-electron chi connectivity index (χ1n) is 35.3. The van der Waals surface area contributed by atoms with E-state index in [9.17, 15) is 19.5 Å². The van der Waals surface area contributed by atoms with E-state index >= 15 is 0 Å². The van der Waals surface area contributed by atoms with Gasteiger partial charge in [0, 0.05) is 12.8 Å². The number of hydrogen-bond acceptors (Lipinski definition) is 8. The van der Waals surface area contributed by atoms with Gasteiger partial charge in [0.25, 0.3) is 0 Å². The molecule has 0 aliphatic heterocycles. The topological polar surface area (TPSA) is 111 Å². The van der Waals surface area contributed by atoms with Gasteiger partial charge < -0.3 is 33.3 Å². The standard InChI is InChI=1S/C71H137NO8/c1-6-8-10-12-14-16-18-20-22-24-26-28-30-31-32-33-34-35-36-37-38-39-40-42-44-46-48-50-52-54-56-58-60-62-69(74)80-67(66-79-71(70(75)76)77-64-63-72(3,4)5)65-78-68(73)61-59-57-55-53-51-49-47-45-43-41-29-27-25-23-21-19-17-15-13-11-9-7-2/h24,26,67,71H,6-23,25,27-66H2,1-5H3/b26-24-. The number of carboxylic acid groups (broad SMARTS) is 1. The van der Waals surface area contributed by atoms with E-state index in [2.05, 4.69) is 26.0 Å². The molecule has 9 heteroatoms. The number of ether oxygens (including phenoxy) is 4. The number of likely N-dealkylation sites (N-methyl/N-ethyl adjacent to an activating group) is 1. The molecule has 0 amide bonds. The SMILES string of the molecule is CCCCCCCCCC/C=C\CCCCCCCCCCCCCCCCCCCCCCCC(=O)OC(COC(=O)CCCCCCCCCCCCCCCCCCCCCCCC)COC(OCC[N+](C)(C)C)C(=O)[O-]. The fourth-order valence-corrected chi connectivity index (χ4v) is 10.8. The van der Waals surface area contributed by atoms with Gasteiger partial charge >= 0.3 is 11.9 Å². The molecule has 2 unspecified atom stereocenters. The number of aliphatic carboxylic acids is 1. The van der Waals surface area contributed by atoms with Crippen LogP contribution in [-0.2, 0) is 33.3 Å². The fourth-order valence-electron chi connectivity index (χ4n) is 10.8. The number of nitrogens with zero attached hydrogens (tertiary/aromatic N) is 1. The van der Waals surface area contributed by atoms with Gasteiger partial charge in [0.2, 0.25) is 0 Å². The molecule has 0 aliphatic carbocycles.